The van der Waals surface area contributed by atoms with E-state index in [0.29, 0.717) is 6.42 Å². The van der Waals surface area contributed by atoms with Crippen LogP contribution in [0.15, 0.2) is 72.9 Å². The Balaban J connectivity index is 2.13. The minimum absolute atomic E-state index is 0.184. The lowest BCUT2D eigenvalue weighted by atomic mass is 9.99. The van der Waals surface area contributed by atoms with E-state index in [0.717, 1.165) is 64.2 Å². The van der Waals surface area contributed by atoms with Gasteiger partial charge in [0.25, 0.3) is 0 Å². The van der Waals surface area contributed by atoms with Crippen LogP contribution in [0.25, 0.3) is 0 Å². The van der Waals surface area contributed by atoms with E-state index in [1.165, 1.54) is 263 Å². The van der Waals surface area contributed by atoms with Gasteiger partial charge in [-0.05, 0) is 70.6 Å². The molecule has 9 nitrogen and oxygen atoms in total. The quantitative estimate of drug-likeness (QED) is 0.0261. The number of carbonyl (C=O) groups excluding carboxylic acids is 1. The van der Waals surface area contributed by atoms with E-state index in [9.17, 15) is 30.3 Å². The first-order valence-electron chi connectivity index (χ1n) is 36.7. The Hall–Kier alpha value is -2.37. The van der Waals surface area contributed by atoms with Crippen LogP contribution in [0, 0.1) is 0 Å². The number of nitrogens with one attached hydrogen (secondary N) is 1. The number of amides is 1. The van der Waals surface area contributed by atoms with Crippen molar-refractivity contribution in [1.29, 1.82) is 0 Å². The Kier molecular flexibility index (Phi) is 61.3. The lowest BCUT2D eigenvalue weighted by Crippen LogP contribution is -2.60. The number of aliphatic hydroxyl groups excluding tert-OH is 5. The summed E-state index contributed by atoms with van der Waals surface area (Å²) < 4.78 is 11.3. The molecule has 1 fully saturated rings. The highest BCUT2D eigenvalue weighted by molar-refractivity contribution is 5.76. The predicted octanol–water partition coefficient (Wildman–Crippen LogP) is 20.3. The predicted molar refractivity (Wildman–Crippen MR) is 364 cm³/mol. The highest BCUT2D eigenvalue weighted by Crippen LogP contribution is 2.23. The lowest BCUT2D eigenvalue weighted by Gasteiger charge is -2.40. The van der Waals surface area contributed by atoms with Gasteiger partial charge in [0, 0.05) is 6.42 Å². The van der Waals surface area contributed by atoms with Gasteiger partial charge in [0.05, 0.1) is 25.4 Å². The van der Waals surface area contributed by atoms with Gasteiger partial charge < -0.3 is 40.3 Å². The van der Waals surface area contributed by atoms with Crippen LogP contribution in [0.5, 0.6) is 0 Å². The Morgan fingerprint density at radius 3 is 1.13 bits per heavy atom. The minimum atomic E-state index is -1.58. The van der Waals surface area contributed by atoms with Gasteiger partial charge in [-0.2, -0.15) is 0 Å². The summed E-state index contributed by atoms with van der Waals surface area (Å²) in [6, 6.07) is -0.826. The molecule has 6 N–H and O–H groups in total. The molecule has 1 saturated heterocycles. The highest BCUT2D eigenvalue weighted by atomic mass is 16.7. The van der Waals surface area contributed by atoms with Crippen LogP contribution in [-0.2, 0) is 14.3 Å². The first-order valence-corrected chi connectivity index (χ1v) is 36.7. The van der Waals surface area contributed by atoms with Crippen LogP contribution in [0.2, 0.25) is 0 Å². The van der Waals surface area contributed by atoms with Crippen molar-refractivity contribution in [3.05, 3.63) is 72.9 Å². The maximum absolute atomic E-state index is 13.1. The SMILES string of the molecule is CC/C=C\C/C=C\C/C=C\C/C=C\CCCCCCCCCCCCCCCCCCC(=O)NC(COC1OC(CO)C(O)C(O)C1O)C(O)/C=C/CC/C=C/CCCCCCCCCCCCCCCCCCCCCCCCCCCCC. The zero-order valence-corrected chi connectivity index (χ0v) is 55.6. The fourth-order valence-corrected chi connectivity index (χ4v) is 11.6. The third-order valence-corrected chi connectivity index (χ3v) is 17.3. The molecule has 0 aromatic heterocycles. The molecule has 0 aromatic carbocycles. The zero-order valence-electron chi connectivity index (χ0n) is 55.6. The molecule has 496 valence electrons. The first-order chi connectivity index (χ1) is 41.8. The fourth-order valence-electron chi connectivity index (χ4n) is 11.6. The summed E-state index contributed by atoms with van der Waals surface area (Å²) in [6.07, 6.45) is 84.6. The average Bonchev–Trinajstić information content (AvgIpc) is 3.56. The van der Waals surface area contributed by atoms with Crippen molar-refractivity contribution in [2.45, 2.75) is 391 Å². The molecule has 0 bridgehead atoms. The standard InChI is InChI=1S/C76H139NO8/c1-3-5-7-9-11-13-15-17-19-21-23-25-27-29-31-33-34-35-36-38-39-41-43-45-47-49-51-53-55-57-59-61-63-65-70(79)69(68-84-76-75(83)74(82)73(81)71(67-78)85-76)77-72(80)66-64-62-60-58-56-54-52-50-48-46-44-42-40-37-32-30-28-26-24-22-20-18-16-14-12-10-8-6-4-2/h6,8,12,14,18,20,24,26,55,57,63,65,69-71,73-76,78-79,81-83H,3-5,7,9-11,13,15-17,19,21-23,25,27-54,56,58-62,64,66-68H2,1-2H3,(H,77,80)/b8-6-,14-12-,20-18-,26-24-,57-55+,65-63+. The number of ether oxygens (including phenoxy) is 2. The number of hydrogen-bond donors (Lipinski definition) is 6. The summed E-state index contributed by atoms with van der Waals surface area (Å²) in [5, 5.41) is 54.8. The number of allylic oxidation sites excluding steroid dienone is 11. The van der Waals surface area contributed by atoms with Crippen molar-refractivity contribution in [3.8, 4) is 0 Å². The molecule has 9 heteroatoms. The molecule has 1 rings (SSSR count). The molecule has 85 heavy (non-hydrogen) atoms. The van der Waals surface area contributed by atoms with Crippen LogP contribution in [0.4, 0.5) is 0 Å². The van der Waals surface area contributed by atoms with E-state index in [1.54, 1.807) is 6.08 Å². The monoisotopic (exact) mass is 1190 g/mol. The van der Waals surface area contributed by atoms with E-state index < -0.39 is 49.5 Å². The Morgan fingerprint density at radius 2 is 0.741 bits per heavy atom. The molecule has 0 saturated carbocycles. The largest absolute Gasteiger partial charge is 0.394 e. The Morgan fingerprint density at radius 1 is 0.412 bits per heavy atom. The van der Waals surface area contributed by atoms with Gasteiger partial charge in [0.15, 0.2) is 6.29 Å². The maximum atomic E-state index is 13.1. The second-order valence-corrected chi connectivity index (χ2v) is 25.3. The molecular formula is C76H139NO8. The number of rotatable bonds is 64. The first kappa shape index (κ1) is 80.6. The topological polar surface area (TPSA) is 149 Å². The summed E-state index contributed by atoms with van der Waals surface area (Å²) in [4.78, 5) is 13.1. The second kappa shape index (κ2) is 64.6. The van der Waals surface area contributed by atoms with Crippen LogP contribution in [0.3, 0.4) is 0 Å². The smallest absolute Gasteiger partial charge is 0.220 e. The molecule has 7 unspecified atom stereocenters. The van der Waals surface area contributed by atoms with E-state index >= 15 is 0 Å². The summed E-state index contributed by atoms with van der Waals surface area (Å²) >= 11 is 0. The third kappa shape index (κ3) is 53.2. The average molecular weight is 1190 g/mol. The Labute approximate surface area is 525 Å². The zero-order chi connectivity index (χ0) is 61.4. The molecule has 1 heterocycles. The highest BCUT2D eigenvalue weighted by Gasteiger charge is 2.44. The van der Waals surface area contributed by atoms with Gasteiger partial charge in [-0.1, -0.05) is 344 Å². The molecule has 1 aliphatic rings. The molecule has 0 aromatic rings. The van der Waals surface area contributed by atoms with Gasteiger partial charge in [0.2, 0.25) is 5.91 Å². The fraction of sp³-hybridized carbons (Fsp3) is 0.829. The van der Waals surface area contributed by atoms with E-state index in [4.69, 9.17) is 9.47 Å². The van der Waals surface area contributed by atoms with Crippen molar-refractivity contribution >= 4 is 5.91 Å². The molecule has 0 radical (unpaired) electrons. The summed E-state index contributed by atoms with van der Waals surface area (Å²) in [5.74, 6) is -0.184. The van der Waals surface area contributed by atoms with Gasteiger partial charge in [-0.3, -0.25) is 4.79 Å². The van der Waals surface area contributed by atoms with Crippen molar-refractivity contribution in [2.24, 2.45) is 0 Å². The van der Waals surface area contributed by atoms with Crippen molar-refractivity contribution < 1.29 is 39.8 Å². The second-order valence-electron chi connectivity index (χ2n) is 25.3. The Bertz CT molecular complexity index is 1570. The van der Waals surface area contributed by atoms with Crippen LogP contribution < -0.4 is 5.32 Å². The van der Waals surface area contributed by atoms with Crippen molar-refractivity contribution in [1.82, 2.24) is 5.32 Å². The maximum Gasteiger partial charge on any atom is 0.220 e. The molecule has 0 spiro atoms. The molecule has 7 atom stereocenters. The molecular weight excluding hydrogens is 1050 g/mol. The van der Waals surface area contributed by atoms with Crippen LogP contribution >= 0.6 is 0 Å². The molecule has 1 aliphatic heterocycles. The molecule has 1 amide bonds. The number of aliphatic hydroxyl groups is 5. The number of hydrogen-bond acceptors (Lipinski definition) is 8. The van der Waals surface area contributed by atoms with E-state index in [1.807, 2.05) is 6.08 Å². The minimum Gasteiger partial charge on any atom is -0.394 e. The van der Waals surface area contributed by atoms with Crippen molar-refractivity contribution in [3.63, 3.8) is 0 Å². The summed E-state index contributed by atoms with van der Waals surface area (Å²) in [5.41, 5.74) is 0. The number of unbranched alkanes of at least 4 members (excludes halogenated alkanes) is 44. The summed E-state index contributed by atoms with van der Waals surface area (Å²) in [6.45, 7) is 3.70. The van der Waals surface area contributed by atoms with Gasteiger partial charge >= 0.3 is 0 Å². The van der Waals surface area contributed by atoms with Gasteiger partial charge in [0.1, 0.15) is 24.4 Å². The van der Waals surface area contributed by atoms with Crippen LogP contribution in [0.1, 0.15) is 348 Å². The van der Waals surface area contributed by atoms with Gasteiger partial charge in [-0.25, -0.2) is 0 Å². The van der Waals surface area contributed by atoms with E-state index in [2.05, 4.69) is 79.9 Å². The van der Waals surface area contributed by atoms with E-state index in [-0.39, 0.29) is 12.5 Å². The normalized spacial score (nSPS) is 18.5. The molecule has 0 aliphatic carbocycles. The summed E-state index contributed by atoms with van der Waals surface area (Å²) in [7, 11) is 0. The van der Waals surface area contributed by atoms with Gasteiger partial charge in [-0.15, -0.1) is 0 Å². The number of carbonyl (C=O) groups is 1. The lowest BCUT2D eigenvalue weighted by molar-refractivity contribution is -0.302. The van der Waals surface area contributed by atoms with Crippen LogP contribution in [-0.4, -0.2) is 87.5 Å². The van der Waals surface area contributed by atoms with Crippen molar-refractivity contribution in [2.75, 3.05) is 13.2 Å². The third-order valence-electron chi connectivity index (χ3n) is 17.3.